The molecule has 0 saturated heterocycles. The summed E-state index contributed by atoms with van der Waals surface area (Å²) in [6.07, 6.45) is 0. The molecule has 0 amide bonds. The fourth-order valence-electron chi connectivity index (χ4n) is 2.90. The van der Waals surface area contributed by atoms with Gasteiger partial charge in [0, 0.05) is 25.8 Å². The number of rotatable bonds is 1. The summed E-state index contributed by atoms with van der Waals surface area (Å²) < 4.78 is 6.61. The van der Waals surface area contributed by atoms with Crippen molar-refractivity contribution in [2.24, 2.45) is 0 Å². The summed E-state index contributed by atoms with van der Waals surface area (Å²) in [5.74, 6) is 0. The predicted molar refractivity (Wildman–Crippen MR) is 96.6 cm³/mol. The molecule has 3 aromatic carbocycles. The first-order valence-electron chi connectivity index (χ1n) is 6.99. The lowest BCUT2D eigenvalue weighted by Gasteiger charge is -2.08. The molecule has 0 saturated carbocycles. The Morgan fingerprint density at radius 2 is 1.74 bits per heavy atom. The summed E-state index contributed by atoms with van der Waals surface area (Å²) in [4.78, 5) is 0. The number of fused-ring (bicyclic) bond motifs is 3. The first-order valence-corrected chi connectivity index (χ1v) is 8.16. The maximum Gasteiger partial charge on any atom is 0.136 e. The summed E-state index contributed by atoms with van der Waals surface area (Å²) >= 11 is 9.64. The Hall–Kier alpha value is -2.28. The third-order valence-corrected chi connectivity index (χ3v) is 4.70. The van der Waals surface area contributed by atoms with Crippen molar-refractivity contribution in [3.8, 4) is 17.2 Å². The van der Waals surface area contributed by atoms with Gasteiger partial charge in [0.25, 0.3) is 0 Å². The zero-order valence-electron chi connectivity index (χ0n) is 11.8. The van der Waals surface area contributed by atoms with Crippen molar-refractivity contribution in [3.05, 3.63) is 69.7 Å². The van der Waals surface area contributed by atoms with Crippen LogP contribution in [0.1, 0.15) is 5.56 Å². The molecule has 0 atom stereocenters. The lowest BCUT2D eigenvalue weighted by atomic mass is 9.96. The molecule has 0 aliphatic heterocycles. The summed E-state index contributed by atoms with van der Waals surface area (Å²) in [7, 11) is 0. The van der Waals surface area contributed by atoms with Crippen LogP contribution in [0, 0.1) is 11.3 Å². The maximum atomic E-state index is 9.54. The van der Waals surface area contributed by atoms with Gasteiger partial charge in [-0.05, 0) is 45.8 Å². The zero-order chi connectivity index (χ0) is 16.0. The normalized spacial score (nSPS) is 11.0. The second-order valence-electron chi connectivity index (χ2n) is 5.20. The molecular formula is C19H9BrClNO. The molecular weight excluding hydrogens is 374 g/mol. The predicted octanol–water partition coefficient (Wildman–Crippen LogP) is 6.54. The second kappa shape index (κ2) is 5.42. The molecule has 0 unspecified atom stereocenters. The minimum atomic E-state index is 0.562. The Kier molecular flexibility index (Phi) is 3.37. The first-order chi connectivity index (χ1) is 11.2. The maximum absolute atomic E-state index is 9.54. The summed E-state index contributed by atoms with van der Waals surface area (Å²) in [6, 6.07) is 19.6. The number of hydrogen-bond acceptors (Lipinski definition) is 2. The van der Waals surface area contributed by atoms with Crippen molar-refractivity contribution >= 4 is 49.5 Å². The van der Waals surface area contributed by atoms with Gasteiger partial charge in [-0.25, -0.2) is 0 Å². The van der Waals surface area contributed by atoms with Gasteiger partial charge in [-0.2, -0.15) is 5.26 Å². The molecule has 0 aliphatic carbocycles. The van der Waals surface area contributed by atoms with Crippen molar-refractivity contribution in [2.45, 2.75) is 0 Å². The molecule has 0 N–H and O–H groups in total. The van der Waals surface area contributed by atoms with Crippen molar-refractivity contribution in [1.82, 2.24) is 0 Å². The van der Waals surface area contributed by atoms with Gasteiger partial charge >= 0.3 is 0 Å². The number of furan rings is 1. The van der Waals surface area contributed by atoms with Crippen LogP contribution < -0.4 is 0 Å². The van der Waals surface area contributed by atoms with Crippen LogP contribution in [0.5, 0.6) is 0 Å². The van der Waals surface area contributed by atoms with E-state index in [1.165, 1.54) is 0 Å². The van der Waals surface area contributed by atoms with E-state index < -0.39 is 0 Å². The summed E-state index contributed by atoms with van der Waals surface area (Å²) in [5, 5.41) is 12.1. The van der Waals surface area contributed by atoms with Gasteiger partial charge in [0.2, 0.25) is 0 Å². The minimum absolute atomic E-state index is 0.562. The van der Waals surface area contributed by atoms with E-state index in [1.807, 2.05) is 48.5 Å². The number of nitrogens with zero attached hydrogens (tertiary/aromatic N) is 1. The highest BCUT2D eigenvalue weighted by molar-refractivity contribution is 9.10. The van der Waals surface area contributed by atoms with Crippen LogP contribution in [-0.4, -0.2) is 0 Å². The van der Waals surface area contributed by atoms with E-state index in [-0.39, 0.29) is 0 Å². The standard InChI is InChI=1S/C19H9BrClNO/c20-16-9-11(21)8-14(15(16)10-22)12-5-3-7-18-19(12)13-4-1-2-6-17(13)23-18/h1-9H. The van der Waals surface area contributed by atoms with Crippen molar-refractivity contribution in [1.29, 1.82) is 5.26 Å². The number of para-hydroxylation sites is 1. The van der Waals surface area contributed by atoms with Crippen LogP contribution in [-0.2, 0) is 0 Å². The van der Waals surface area contributed by atoms with Crippen LogP contribution >= 0.6 is 27.5 Å². The van der Waals surface area contributed by atoms with Crippen LogP contribution in [0.25, 0.3) is 33.1 Å². The van der Waals surface area contributed by atoms with Gasteiger partial charge in [-0.1, -0.05) is 41.9 Å². The molecule has 0 aliphatic rings. The summed E-state index contributed by atoms with van der Waals surface area (Å²) in [5.41, 5.74) is 3.92. The molecule has 0 radical (unpaired) electrons. The van der Waals surface area contributed by atoms with Crippen LogP contribution in [0.2, 0.25) is 5.02 Å². The van der Waals surface area contributed by atoms with E-state index in [9.17, 15) is 5.26 Å². The van der Waals surface area contributed by atoms with Crippen molar-refractivity contribution in [2.75, 3.05) is 0 Å². The quantitative estimate of drug-likeness (QED) is 0.375. The number of hydrogen-bond donors (Lipinski definition) is 0. The van der Waals surface area contributed by atoms with Crippen LogP contribution in [0.4, 0.5) is 0 Å². The highest BCUT2D eigenvalue weighted by Gasteiger charge is 2.16. The lowest BCUT2D eigenvalue weighted by molar-refractivity contribution is 0.669. The van der Waals surface area contributed by atoms with E-state index >= 15 is 0 Å². The second-order valence-corrected chi connectivity index (χ2v) is 6.49. The van der Waals surface area contributed by atoms with E-state index in [2.05, 4.69) is 22.0 Å². The Bertz CT molecular complexity index is 1110. The smallest absolute Gasteiger partial charge is 0.136 e. The average molecular weight is 383 g/mol. The number of halogens is 2. The fourth-order valence-corrected chi connectivity index (χ4v) is 3.80. The number of nitriles is 1. The molecule has 0 bridgehead atoms. The monoisotopic (exact) mass is 381 g/mol. The molecule has 23 heavy (non-hydrogen) atoms. The van der Waals surface area contributed by atoms with Crippen LogP contribution in [0.15, 0.2) is 63.5 Å². The Labute approximate surface area is 146 Å². The Morgan fingerprint density at radius 1 is 0.957 bits per heavy atom. The van der Waals surface area contributed by atoms with E-state index in [0.29, 0.717) is 15.1 Å². The number of benzene rings is 3. The molecule has 1 aromatic heterocycles. The van der Waals surface area contributed by atoms with Crippen LogP contribution in [0.3, 0.4) is 0 Å². The van der Waals surface area contributed by atoms with Crippen molar-refractivity contribution < 1.29 is 4.42 Å². The minimum Gasteiger partial charge on any atom is -0.456 e. The van der Waals surface area contributed by atoms with Crippen molar-refractivity contribution in [3.63, 3.8) is 0 Å². The molecule has 4 heteroatoms. The third-order valence-electron chi connectivity index (χ3n) is 3.86. The summed E-state index contributed by atoms with van der Waals surface area (Å²) in [6.45, 7) is 0. The molecule has 1 heterocycles. The van der Waals surface area contributed by atoms with Gasteiger partial charge in [0.15, 0.2) is 0 Å². The van der Waals surface area contributed by atoms with Gasteiger partial charge in [0.1, 0.15) is 17.2 Å². The van der Waals surface area contributed by atoms with E-state index in [4.69, 9.17) is 16.0 Å². The van der Waals surface area contributed by atoms with E-state index in [1.54, 1.807) is 6.07 Å². The topological polar surface area (TPSA) is 36.9 Å². The van der Waals surface area contributed by atoms with Gasteiger partial charge < -0.3 is 4.42 Å². The largest absolute Gasteiger partial charge is 0.456 e. The Morgan fingerprint density at radius 3 is 2.57 bits per heavy atom. The third kappa shape index (κ3) is 2.23. The molecule has 4 aromatic rings. The molecule has 0 spiro atoms. The Balaban J connectivity index is 2.18. The highest BCUT2D eigenvalue weighted by Crippen LogP contribution is 2.40. The van der Waals surface area contributed by atoms with Gasteiger partial charge in [-0.3, -0.25) is 0 Å². The first kappa shape index (κ1) is 14.3. The fraction of sp³-hybridized carbons (Fsp3) is 0. The lowest BCUT2D eigenvalue weighted by Crippen LogP contribution is -1.88. The molecule has 110 valence electrons. The zero-order valence-corrected chi connectivity index (χ0v) is 14.1. The molecule has 4 rings (SSSR count). The van der Waals surface area contributed by atoms with Gasteiger partial charge in [0.05, 0.1) is 5.56 Å². The van der Waals surface area contributed by atoms with E-state index in [0.717, 1.165) is 33.1 Å². The average Bonchev–Trinajstić information content (AvgIpc) is 2.92. The van der Waals surface area contributed by atoms with Gasteiger partial charge in [-0.15, -0.1) is 0 Å². The SMILES string of the molecule is N#Cc1c(Br)cc(Cl)cc1-c1cccc2oc3ccccc3c12. The molecule has 2 nitrogen and oxygen atoms in total. The molecule has 0 fully saturated rings. The highest BCUT2D eigenvalue weighted by atomic mass is 79.9.